The van der Waals surface area contributed by atoms with Crippen LogP contribution in [0, 0.1) is 0 Å². The van der Waals surface area contributed by atoms with Crippen molar-refractivity contribution in [1.82, 2.24) is 0 Å². The van der Waals surface area contributed by atoms with Crippen LogP contribution in [0.5, 0.6) is 5.75 Å². The summed E-state index contributed by atoms with van der Waals surface area (Å²) in [6.07, 6.45) is 3.51. The molecule has 126 valence electrons. The lowest BCUT2D eigenvalue weighted by Gasteiger charge is -2.08. The standard InChI is InChI=1S/C17H17NO5S/c1-22-15-10-9-14(12-16(15)24(18,20)21)17(19)23-11-5-8-13-6-3-2-4-7-13/h2-10,12H,11H2,1H3,(H2,18,20,21)/b8-5+. The van der Waals surface area contributed by atoms with E-state index in [1.165, 1.54) is 19.2 Å². The molecule has 0 saturated heterocycles. The summed E-state index contributed by atoms with van der Waals surface area (Å²) in [7, 11) is -2.69. The predicted octanol–water partition coefficient (Wildman–Crippen LogP) is 2.21. The van der Waals surface area contributed by atoms with Gasteiger partial charge in [-0.3, -0.25) is 0 Å². The first-order valence-electron chi connectivity index (χ1n) is 7.01. The Morgan fingerprint density at radius 3 is 2.50 bits per heavy atom. The molecule has 0 heterocycles. The van der Waals surface area contributed by atoms with Gasteiger partial charge in [0.2, 0.25) is 10.0 Å². The molecule has 0 amide bonds. The zero-order chi connectivity index (χ0) is 17.6. The zero-order valence-electron chi connectivity index (χ0n) is 13.0. The van der Waals surface area contributed by atoms with Gasteiger partial charge in [-0.1, -0.05) is 36.4 Å². The van der Waals surface area contributed by atoms with Gasteiger partial charge in [0.05, 0.1) is 12.7 Å². The van der Waals surface area contributed by atoms with Gasteiger partial charge in [-0.15, -0.1) is 0 Å². The Morgan fingerprint density at radius 2 is 1.88 bits per heavy atom. The summed E-state index contributed by atoms with van der Waals surface area (Å²) in [6, 6.07) is 13.4. The minimum absolute atomic E-state index is 0.0600. The van der Waals surface area contributed by atoms with E-state index in [4.69, 9.17) is 14.6 Å². The normalized spacial score (nSPS) is 11.4. The van der Waals surface area contributed by atoms with Crippen LogP contribution < -0.4 is 9.88 Å². The van der Waals surface area contributed by atoms with Gasteiger partial charge < -0.3 is 9.47 Å². The summed E-state index contributed by atoms with van der Waals surface area (Å²) in [5.74, 6) is -0.585. The summed E-state index contributed by atoms with van der Waals surface area (Å²) in [4.78, 5) is 11.7. The van der Waals surface area contributed by atoms with Crippen LogP contribution >= 0.6 is 0 Å². The largest absolute Gasteiger partial charge is 0.495 e. The first kappa shape index (κ1) is 17.7. The Labute approximate surface area is 140 Å². The minimum Gasteiger partial charge on any atom is -0.495 e. The van der Waals surface area contributed by atoms with E-state index in [-0.39, 0.29) is 22.8 Å². The molecule has 0 aromatic heterocycles. The summed E-state index contributed by atoms with van der Waals surface area (Å²) >= 11 is 0. The van der Waals surface area contributed by atoms with Crippen LogP contribution in [0.2, 0.25) is 0 Å². The molecule has 7 heteroatoms. The number of esters is 1. The highest BCUT2D eigenvalue weighted by molar-refractivity contribution is 7.89. The summed E-state index contributed by atoms with van der Waals surface area (Å²) in [5, 5.41) is 5.12. The highest BCUT2D eigenvalue weighted by Crippen LogP contribution is 2.24. The monoisotopic (exact) mass is 347 g/mol. The van der Waals surface area contributed by atoms with Crippen molar-refractivity contribution in [3.8, 4) is 5.75 Å². The summed E-state index contributed by atoms with van der Waals surface area (Å²) in [6.45, 7) is 0.0600. The molecule has 0 spiro atoms. The number of ether oxygens (including phenoxy) is 2. The Bertz CT molecular complexity index is 845. The van der Waals surface area contributed by atoms with E-state index in [1.807, 2.05) is 36.4 Å². The number of carbonyl (C=O) groups is 1. The number of hydrogen-bond donors (Lipinski definition) is 1. The number of nitrogens with two attached hydrogens (primary N) is 1. The lowest BCUT2D eigenvalue weighted by atomic mass is 10.2. The van der Waals surface area contributed by atoms with E-state index in [0.29, 0.717) is 0 Å². The van der Waals surface area contributed by atoms with Gasteiger partial charge in [-0.2, -0.15) is 0 Å². The fraction of sp³-hybridized carbons (Fsp3) is 0.118. The third kappa shape index (κ3) is 4.68. The molecular formula is C17H17NO5S. The van der Waals surface area contributed by atoms with Gasteiger partial charge in [0.25, 0.3) is 0 Å². The van der Waals surface area contributed by atoms with Gasteiger partial charge in [0.15, 0.2) is 0 Å². The van der Waals surface area contributed by atoms with Crippen LogP contribution in [0.3, 0.4) is 0 Å². The molecule has 2 aromatic rings. The molecule has 0 bridgehead atoms. The molecule has 2 aromatic carbocycles. The van der Waals surface area contributed by atoms with Crippen molar-refractivity contribution >= 4 is 22.1 Å². The highest BCUT2D eigenvalue weighted by atomic mass is 32.2. The summed E-state index contributed by atoms with van der Waals surface area (Å²) in [5.41, 5.74) is 1.06. The third-order valence-corrected chi connectivity index (χ3v) is 4.06. The van der Waals surface area contributed by atoms with E-state index in [0.717, 1.165) is 11.6 Å². The molecule has 0 radical (unpaired) electrons. The molecule has 6 nitrogen and oxygen atoms in total. The fourth-order valence-corrected chi connectivity index (χ4v) is 2.70. The van der Waals surface area contributed by atoms with Gasteiger partial charge in [-0.25, -0.2) is 18.4 Å². The SMILES string of the molecule is COc1ccc(C(=O)OC/C=C/c2ccccc2)cc1S(N)(=O)=O. The van der Waals surface area contributed by atoms with Gasteiger partial charge in [0, 0.05) is 0 Å². The first-order chi connectivity index (χ1) is 11.4. The average molecular weight is 347 g/mol. The maximum Gasteiger partial charge on any atom is 0.338 e. The van der Waals surface area contributed by atoms with Crippen molar-refractivity contribution in [2.75, 3.05) is 13.7 Å². The highest BCUT2D eigenvalue weighted by Gasteiger charge is 2.18. The predicted molar refractivity (Wildman–Crippen MR) is 90.1 cm³/mol. The Hall–Kier alpha value is -2.64. The molecule has 0 aliphatic carbocycles. The summed E-state index contributed by atoms with van der Waals surface area (Å²) < 4.78 is 33.1. The average Bonchev–Trinajstić information content (AvgIpc) is 2.58. The second-order valence-corrected chi connectivity index (χ2v) is 6.35. The van der Waals surface area contributed by atoms with Crippen LogP contribution in [-0.4, -0.2) is 28.1 Å². The van der Waals surface area contributed by atoms with Gasteiger partial charge in [-0.05, 0) is 29.8 Å². The quantitative estimate of drug-likeness (QED) is 0.808. The van der Waals surface area contributed by atoms with Gasteiger partial charge >= 0.3 is 5.97 Å². The van der Waals surface area contributed by atoms with Crippen molar-refractivity contribution in [2.24, 2.45) is 5.14 Å². The number of methoxy groups -OCH3 is 1. The molecule has 0 atom stereocenters. The van der Waals surface area contributed by atoms with E-state index >= 15 is 0 Å². The lowest BCUT2D eigenvalue weighted by molar-refractivity contribution is 0.0550. The van der Waals surface area contributed by atoms with Crippen LogP contribution in [0.25, 0.3) is 6.08 Å². The van der Waals surface area contributed by atoms with Crippen LogP contribution in [0.4, 0.5) is 0 Å². The van der Waals surface area contributed by atoms with Crippen LogP contribution in [0.1, 0.15) is 15.9 Å². The number of sulfonamides is 1. The molecule has 0 aliphatic rings. The maximum absolute atomic E-state index is 12.0. The van der Waals surface area contributed by atoms with E-state index in [9.17, 15) is 13.2 Å². The molecule has 24 heavy (non-hydrogen) atoms. The van der Waals surface area contributed by atoms with Crippen LogP contribution in [-0.2, 0) is 14.8 Å². The topological polar surface area (TPSA) is 95.7 Å². The Balaban J connectivity index is 2.06. The first-order valence-corrected chi connectivity index (χ1v) is 8.56. The Morgan fingerprint density at radius 1 is 1.17 bits per heavy atom. The second kappa shape index (κ2) is 7.76. The number of hydrogen-bond acceptors (Lipinski definition) is 5. The molecule has 0 unspecified atom stereocenters. The third-order valence-electron chi connectivity index (χ3n) is 3.13. The Kier molecular flexibility index (Phi) is 5.73. The van der Waals surface area contributed by atoms with E-state index < -0.39 is 16.0 Å². The van der Waals surface area contributed by atoms with Crippen molar-refractivity contribution < 1.29 is 22.7 Å². The lowest BCUT2D eigenvalue weighted by Crippen LogP contribution is -2.15. The second-order valence-electron chi connectivity index (χ2n) is 4.82. The molecular weight excluding hydrogens is 330 g/mol. The number of primary sulfonamides is 1. The minimum atomic E-state index is -4.01. The maximum atomic E-state index is 12.0. The van der Waals surface area contributed by atoms with E-state index in [2.05, 4.69) is 0 Å². The van der Waals surface area contributed by atoms with Crippen molar-refractivity contribution in [1.29, 1.82) is 0 Å². The van der Waals surface area contributed by atoms with Gasteiger partial charge in [0.1, 0.15) is 17.3 Å². The fourth-order valence-electron chi connectivity index (χ4n) is 1.98. The number of rotatable bonds is 6. The van der Waals surface area contributed by atoms with Crippen molar-refractivity contribution in [2.45, 2.75) is 4.90 Å². The van der Waals surface area contributed by atoms with E-state index in [1.54, 1.807) is 6.08 Å². The smallest absolute Gasteiger partial charge is 0.338 e. The molecule has 0 saturated carbocycles. The molecule has 2 N–H and O–H groups in total. The molecule has 0 fully saturated rings. The number of benzene rings is 2. The van der Waals surface area contributed by atoms with Crippen molar-refractivity contribution in [3.05, 3.63) is 65.7 Å². The zero-order valence-corrected chi connectivity index (χ0v) is 13.8. The van der Waals surface area contributed by atoms with Crippen molar-refractivity contribution in [3.63, 3.8) is 0 Å². The molecule has 2 rings (SSSR count). The van der Waals surface area contributed by atoms with Crippen LogP contribution in [0.15, 0.2) is 59.5 Å². The number of carbonyl (C=O) groups excluding carboxylic acids is 1. The molecule has 0 aliphatic heterocycles.